The lowest BCUT2D eigenvalue weighted by Gasteiger charge is -2.47. The maximum atomic E-state index is 14.6. The van der Waals surface area contributed by atoms with E-state index in [9.17, 15) is 14.7 Å². The smallest absolute Gasteiger partial charge is 0.302 e. The quantitative estimate of drug-likeness (QED) is 0.0306. The van der Waals surface area contributed by atoms with Gasteiger partial charge in [-0.1, -0.05) is 129 Å². The molecule has 1 aliphatic rings. The van der Waals surface area contributed by atoms with Crippen molar-refractivity contribution in [2.75, 3.05) is 26.9 Å². The summed E-state index contributed by atoms with van der Waals surface area (Å²) < 4.78 is 53.8. The van der Waals surface area contributed by atoms with Gasteiger partial charge < -0.3 is 41.8 Å². The molecule has 1 fully saturated rings. The van der Waals surface area contributed by atoms with Gasteiger partial charge in [0, 0.05) is 49.5 Å². The second-order valence-corrected chi connectivity index (χ2v) is 44.3. The molecule has 0 spiro atoms. The lowest BCUT2D eigenvalue weighted by Crippen LogP contribution is -2.58. The summed E-state index contributed by atoms with van der Waals surface area (Å²) in [7, 11) is -7.41. The van der Waals surface area contributed by atoms with Crippen LogP contribution < -0.4 is 4.74 Å². The van der Waals surface area contributed by atoms with Crippen LogP contribution in [0, 0.1) is 29.6 Å². The molecular weight excluding hydrogens is 985 g/mol. The minimum Gasteiger partial charge on any atom is -0.497 e. The Hall–Kier alpha value is -1.51. The highest BCUT2D eigenvalue weighted by Gasteiger charge is 2.65. The van der Waals surface area contributed by atoms with E-state index in [0.717, 1.165) is 53.2 Å². The molecule has 1 aromatic rings. The Bertz CT molecular complexity index is 1840. The molecule has 1 N–H and O–H groups in total. The zero-order chi connectivity index (χ0) is 56.1. The third-order valence-corrected chi connectivity index (χ3v) is 36.1. The van der Waals surface area contributed by atoms with E-state index in [1.165, 1.54) is 6.92 Å². The number of benzene rings is 1. The third kappa shape index (κ3) is 18.6. The van der Waals surface area contributed by atoms with Gasteiger partial charge in [0.1, 0.15) is 17.1 Å². The van der Waals surface area contributed by atoms with Gasteiger partial charge in [0.2, 0.25) is 0 Å². The van der Waals surface area contributed by atoms with Gasteiger partial charge in [-0.2, -0.15) is 0 Å². The highest BCUT2D eigenvalue weighted by atomic mass is 28.4. The van der Waals surface area contributed by atoms with Crippen LogP contribution in [0.5, 0.6) is 5.75 Å². The first-order valence-electron chi connectivity index (χ1n) is 28.2. The van der Waals surface area contributed by atoms with Crippen LogP contribution in [0.1, 0.15) is 144 Å². The van der Waals surface area contributed by atoms with Crippen LogP contribution in [0.3, 0.4) is 0 Å². The number of Topliss-reactive ketones (excluding diaryl/α,β-unsaturated/α-hetero) is 1. The van der Waals surface area contributed by atoms with E-state index >= 15 is 0 Å². The number of rotatable bonds is 34. The molecule has 73 heavy (non-hydrogen) atoms. The Morgan fingerprint density at radius 3 is 1.73 bits per heavy atom. The number of epoxide rings is 1. The molecule has 1 saturated heterocycles. The molecule has 0 aromatic heterocycles. The topological polar surface area (TPSA) is 132 Å². The Morgan fingerprint density at radius 1 is 0.753 bits per heavy atom. The predicted molar refractivity (Wildman–Crippen MR) is 311 cm³/mol. The highest BCUT2D eigenvalue weighted by Crippen LogP contribution is 2.52. The van der Waals surface area contributed by atoms with Gasteiger partial charge in [-0.05, 0) is 110 Å². The summed E-state index contributed by atoms with van der Waals surface area (Å²) in [6.07, 6.45) is -0.722. The predicted octanol–water partition coefficient (Wildman–Crippen LogP) is 14.6. The summed E-state index contributed by atoms with van der Waals surface area (Å²) in [5.41, 5.74) is 1.27. The Balaban J connectivity index is 2.68. The fraction of sp³-hybridized carbons (Fsp3) is 0.828. The molecule has 0 aliphatic carbocycles. The lowest BCUT2D eigenvalue weighted by atomic mass is 9.78. The maximum absolute atomic E-state index is 14.6. The van der Waals surface area contributed by atoms with Crippen molar-refractivity contribution in [3.05, 3.63) is 41.5 Å². The summed E-state index contributed by atoms with van der Waals surface area (Å²) in [6, 6.07) is 13.7. The molecule has 424 valence electrons. The molecule has 0 amide bonds. The van der Waals surface area contributed by atoms with Crippen LogP contribution >= 0.6 is 0 Å². The van der Waals surface area contributed by atoms with Crippen LogP contribution in [0.25, 0.3) is 0 Å². The molecule has 0 bridgehead atoms. The Kier molecular flexibility index (Phi) is 26.3. The summed E-state index contributed by atoms with van der Waals surface area (Å²) in [5.74, 6) is -1.15. The van der Waals surface area contributed by atoms with Crippen molar-refractivity contribution in [3.8, 4) is 5.75 Å². The molecule has 0 unspecified atom stereocenters. The fourth-order valence-corrected chi connectivity index (χ4v) is 18.4. The Morgan fingerprint density at radius 2 is 1.26 bits per heavy atom. The molecule has 11 nitrogen and oxygen atoms in total. The van der Waals surface area contributed by atoms with Gasteiger partial charge in [0.15, 0.2) is 33.3 Å². The van der Waals surface area contributed by atoms with E-state index in [-0.39, 0.29) is 52.9 Å². The SMILES string of the molecule is CC[Si](CC)(CC)OC[C@H](C)[C@@H](O[Si](C)(C)C(C)(C)C)/C(C)=C/[C@H](C)C(=O)C[C@H](O)[C@@H](C)[C@@H](O[Si](CC)(CC)CC)[C@H](COC(C)=O)[C@H](O[Si](C)(C)C(C)(C)C)[C@@]1(C)O[C@@H]1[C@@H](C)COCc1ccc(OC)cc1. The number of ether oxygens (including phenoxy) is 4. The number of methoxy groups -OCH3 is 1. The molecule has 15 heteroatoms. The standard InChI is InChI=1S/C58H110O11Si4/c1-25-72(26-2,27-3)65-38-43(9)52(67-70(21,22)56(13,14)15)42(8)35-41(7)50(60)36-51(61)45(11)53(68-73(28-4,29-5)30-6)49(40-64-46(12)59)55(69-71(23,24)57(16,17)18)58(19)54(66-58)44(10)37-63-39-47-31-33-48(62-20)34-32-47/h31-35,41,43-45,49,51-55,61H,25-30,36-40H2,1-24H3/b42-35+/t41-,43-,44-,45+,49-,51-,52-,53+,54+,55-,58-/m0/s1. The summed E-state index contributed by atoms with van der Waals surface area (Å²) >= 11 is 0. The van der Waals surface area contributed by atoms with E-state index in [4.69, 9.17) is 36.7 Å². The first kappa shape index (κ1) is 67.6. The van der Waals surface area contributed by atoms with Crippen molar-refractivity contribution in [1.29, 1.82) is 0 Å². The lowest BCUT2D eigenvalue weighted by molar-refractivity contribution is -0.148. The van der Waals surface area contributed by atoms with Crippen molar-refractivity contribution >= 4 is 45.0 Å². The monoisotopic (exact) mass is 1090 g/mol. The van der Waals surface area contributed by atoms with Gasteiger partial charge in [-0.15, -0.1) is 0 Å². The first-order valence-corrected chi connectivity index (χ1v) is 39.1. The zero-order valence-electron chi connectivity index (χ0n) is 51.0. The molecule has 1 heterocycles. The second-order valence-electron chi connectivity index (χ2n) is 25.3. The molecular formula is C58H110O11Si4. The fourth-order valence-electron chi connectivity index (χ4n) is 9.87. The van der Waals surface area contributed by atoms with Crippen molar-refractivity contribution in [2.45, 2.75) is 253 Å². The average Bonchev–Trinajstić information content (AvgIpc) is 4.03. The maximum Gasteiger partial charge on any atom is 0.302 e. The molecule has 2 rings (SSSR count). The largest absolute Gasteiger partial charge is 0.497 e. The van der Waals surface area contributed by atoms with Gasteiger partial charge >= 0.3 is 5.97 Å². The number of allylic oxidation sites excluding steroid dienone is 1. The number of aliphatic hydroxyl groups excluding tert-OH is 1. The van der Waals surface area contributed by atoms with Crippen LogP contribution in [0.4, 0.5) is 0 Å². The van der Waals surface area contributed by atoms with Gasteiger partial charge in [0.25, 0.3) is 0 Å². The van der Waals surface area contributed by atoms with E-state index < -0.39 is 80.9 Å². The van der Waals surface area contributed by atoms with E-state index in [1.807, 2.05) is 38.1 Å². The number of hydrogen-bond acceptors (Lipinski definition) is 11. The van der Waals surface area contributed by atoms with E-state index in [2.05, 4.69) is 143 Å². The van der Waals surface area contributed by atoms with Crippen LogP contribution in [-0.4, -0.2) is 113 Å². The summed E-state index contributed by atoms with van der Waals surface area (Å²) in [4.78, 5) is 27.5. The minimum absolute atomic E-state index is 0.00153. The molecule has 0 radical (unpaired) electrons. The molecule has 11 atom stereocenters. The second kappa shape index (κ2) is 28.4. The number of ketones is 1. The molecule has 1 aliphatic heterocycles. The Labute approximate surface area is 451 Å². The minimum atomic E-state index is -2.55. The number of carbonyl (C=O) groups is 2. The van der Waals surface area contributed by atoms with Crippen LogP contribution in [0.2, 0.25) is 72.5 Å². The molecule has 0 saturated carbocycles. The third-order valence-electron chi connectivity index (χ3n) is 18.0. The van der Waals surface area contributed by atoms with Gasteiger partial charge in [-0.3, -0.25) is 9.59 Å². The number of aliphatic hydroxyl groups is 1. The van der Waals surface area contributed by atoms with Gasteiger partial charge in [-0.25, -0.2) is 0 Å². The van der Waals surface area contributed by atoms with E-state index in [1.54, 1.807) is 7.11 Å². The van der Waals surface area contributed by atoms with Crippen molar-refractivity contribution < 1.29 is 51.3 Å². The highest BCUT2D eigenvalue weighted by molar-refractivity contribution is 6.75. The zero-order valence-corrected chi connectivity index (χ0v) is 55.0. The number of esters is 1. The van der Waals surface area contributed by atoms with Crippen LogP contribution in [0.15, 0.2) is 35.9 Å². The first-order chi connectivity index (χ1) is 33.6. The van der Waals surface area contributed by atoms with Crippen molar-refractivity contribution in [1.82, 2.24) is 0 Å². The van der Waals surface area contributed by atoms with Gasteiger partial charge in [0.05, 0.1) is 57.5 Å². The summed E-state index contributed by atoms with van der Waals surface area (Å²) in [6.45, 7) is 51.3. The molecule has 1 aromatic carbocycles. The normalized spacial score (nSPS) is 21.1. The van der Waals surface area contributed by atoms with Crippen molar-refractivity contribution in [2.24, 2.45) is 29.6 Å². The van der Waals surface area contributed by atoms with Crippen molar-refractivity contribution in [3.63, 3.8) is 0 Å². The number of hydrogen-bond donors (Lipinski definition) is 1. The van der Waals surface area contributed by atoms with E-state index in [0.29, 0.717) is 19.8 Å². The average molecular weight is 1100 g/mol. The summed E-state index contributed by atoms with van der Waals surface area (Å²) in [5, 5.41) is 12.4. The number of carbonyl (C=O) groups excluding carboxylic acids is 2. The van der Waals surface area contributed by atoms with Crippen LogP contribution in [-0.2, 0) is 48.1 Å².